The van der Waals surface area contributed by atoms with Gasteiger partial charge in [-0.25, -0.2) is 9.13 Å². The van der Waals surface area contributed by atoms with Crippen molar-refractivity contribution in [3.8, 4) is 0 Å². The summed E-state index contributed by atoms with van der Waals surface area (Å²) in [5.74, 6) is -2.12. The normalized spacial score (nSPS) is 13.8. The van der Waals surface area contributed by atoms with E-state index in [1.54, 1.807) is 0 Å². The van der Waals surface area contributed by atoms with Gasteiger partial charge in [0.1, 0.15) is 19.3 Å². The van der Waals surface area contributed by atoms with Gasteiger partial charge in [0.2, 0.25) is 0 Å². The summed E-state index contributed by atoms with van der Waals surface area (Å²) in [4.78, 5) is 72.6. The van der Waals surface area contributed by atoms with Gasteiger partial charge in [0.05, 0.1) is 26.4 Å². The van der Waals surface area contributed by atoms with E-state index >= 15 is 0 Å². The molecule has 19 heteroatoms. The van der Waals surface area contributed by atoms with E-state index in [0.717, 1.165) is 96.3 Å². The zero-order valence-corrected chi connectivity index (χ0v) is 64.8. The highest BCUT2D eigenvalue weighted by molar-refractivity contribution is 7.47. The number of carbonyl (C=O) groups is 4. The predicted octanol–water partition coefficient (Wildman–Crippen LogP) is 23.4. The molecule has 0 amide bonds. The number of esters is 4. The molecule has 97 heavy (non-hydrogen) atoms. The van der Waals surface area contributed by atoms with Crippen LogP contribution in [0.15, 0.2) is 0 Å². The summed E-state index contributed by atoms with van der Waals surface area (Å²) in [5.41, 5.74) is 0. The molecule has 0 aliphatic heterocycles. The molecule has 0 aromatic heterocycles. The first kappa shape index (κ1) is 95.1. The molecule has 5 atom stereocenters. The molecule has 0 aromatic rings. The second-order valence-corrected chi connectivity index (χ2v) is 31.0. The Bertz CT molecular complexity index is 1840. The van der Waals surface area contributed by atoms with Crippen LogP contribution in [0.5, 0.6) is 0 Å². The van der Waals surface area contributed by atoms with E-state index in [1.165, 1.54) is 244 Å². The lowest BCUT2D eigenvalue weighted by Gasteiger charge is -2.21. The topological polar surface area (TPSA) is 237 Å². The molecule has 0 saturated heterocycles. The lowest BCUT2D eigenvalue weighted by atomic mass is 10.0. The van der Waals surface area contributed by atoms with Gasteiger partial charge in [-0.05, 0) is 25.7 Å². The Balaban J connectivity index is 5.12. The van der Waals surface area contributed by atoms with Crippen molar-refractivity contribution in [3.05, 3.63) is 0 Å². The molecule has 0 fully saturated rings. The van der Waals surface area contributed by atoms with Crippen LogP contribution in [-0.4, -0.2) is 96.7 Å². The van der Waals surface area contributed by atoms with E-state index in [1.807, 2.05) is 0 Å². The van der Waals surface area contributed by atoms with Gasteiger partial charge in [-0.15, -0.1) is 0 Å². The smallest absolute Gasteiger partial charge is 0.462 e. The number of phosphoric ester groups is 2. The second-order valence-electron chi connectivity index (χ2n) is 28.1. The third-order valence-electron chi connectivity index (χ3n) is 18.4. The largest absolute Gasteiger partial charge is 0.472 e. The van der Waals surface area contributed by atoms with Crippen molar-refractivity contribution >= 4 is 39.5 Å². The Morgan fingerprint density at radius 3 is 0.608 bits per heavy atom. The molecule has 576 valence electrons. The van der Waals surface area contributed by atoms with Gasteiger partial charge in [-0.3, -0.25) is 37.3 Å². The highest BCUT2D eigenvalue weighted by atomic mass is 31.2. The van der Waals surface area contributed by atoms with Crippen molar-refractivity contribution < 1.29 is 80.2 Å². The minimum absolute atomic E-state index is 0.108. The molecule has 0 aromatic carbocycles. The number of unbranched alkanes of at least 4 members (excludes halogenated alkanes) is 53. The Labute approximate surface area is 594 Å². The third-order valence-corrected chi connectivity index (χ3v) is 20.3. The summed E-state index contributed by atoms with van der Waals surface area (Å²) in [6.07, 6.45) is 64.3. The number of aliphatic hydroxyl groups is 1. The molecule has 17 nitrogen and oxygen atoms in total. The Morgan fingerprint density at radius 1 is 0.247 bits per heavy atom. The van der Waals surface area contributed by atoms with E-state index in [-0.39, 0.29) is 25.7 Å². The molecule has 0 rings (SSSR count). The number of rotatable bonds is 79. The standard InChI is InChI=1S/C78H152O17P2/c1-5-9-13-17-20-23-26-29-32-35-37-40-42-45-48-51-55-59-63-76(81)89-69-74(95-78(83)65-61-57-53-50-47-44-41-38-36-33-30-27-24-21-18-14-10-6-2)71-93-97(86,87)91-67-72(79)66-90-96(84,85)92-70-73(68-88-75(80)62-58-54-16-12-8-4)94-77(82)64-60-56-52-49-46-43-39-34-31-28-25-22-19-15-11-7-3/h72-74,79H,5-71H2,1-4H3,(H,84,85)(H,86,87)/t72-,73+,74+/m0/s1. The SMILES string of the molecule is CCCCCCCCCCCCCCCCCCCCC(=O)OC[C@H](COP(=O)(O)OC[C@@H](O)COP(=O)(O)OC[C@@H](COC(=O)CCCCCCC)OC(=O)CCCCCCCCCCCCCCCCCC)OC(=O)CCCCCCCCCCCCCCCCCCCC. The molecule has 0 saturated carbocycles. The van der Waals surface area contributed by atoms with Crippen LogP contribution in [0.1, 0.15) is 419 Å². The number of hydrogen-bond acceptors (Lipinski definition) is 15. The van der Waals surface area contributed by atoms with E-state index in [2.05, 4.69) is 27.7 Å². The maximum atomic E-state index is 13.1. The summed E-state index contributed by atoms with van der Waals surface area (Å²) in [5, 5.41) is 10.6. The average molecular weight is 1420 g/mol. The lowest BCUT2D eigenvalue weighted by Crippen LogP contribution is -2.30. The molecule has 0 spiro atoms. The van der Waals surface area contributed by atoms with Gasteiger partial charge in [-0.2, -0.15) is 0 Å². The van der Waals surface area contributed by atoms with Gasteiger partial charge in [0.25, 0.3) is 0 Å². The highest BCUT2D eigenvalue weighted by Crippen LogP contribution is 2.45. The molecule has 2 unspecified atom stereocenters. The monoisotopic (exact) mass is 1420 g/mol. The third kappa shape index (κ3) is 72.2. The summed E-state index contributed by atoms with van der Waals surface area (Å²) in [6.45, 7) is 4.92. The summed E-state index contributed by atoms with van der Waals surface area (Å²) in [6, 6.07) is 0. The Kier molecular flexibility index (Phi) is 71.0. The van der Waals surface area contributed by atoms with Crippen molar-refractivity contribution in [2.75, 3.05) is 39.6 Å². The maximum Gasteiger partial charge on any atom is 0.472 e. The van der Waals surface area contributed by atoms with Crippen LogP contribution in [0.25, 0.3) is 0 Å². The van der Waals surface area contributed by atoms with Crippen molar-refractivity contribution in [1.82, 2.24) is 0 Å². The number of ether oxygens (including phenoxy) is 4. The van der Waals surface area contributed by atoms with Gasteiger partial charge in [0, 0.05) is 25.7 Å². The highest BCUT2D eigenvalue weighted by Gasteiger charge is 2.30. The van der Waals surface area contributed by atoms with Crippen LogP contribution in [-0.2, 0) is 65.4 Å². The van der Waals surface area contributed by atoms with E-state index in [0.29, 0.717) is 25.7 Å². The fourth-order valence-corrected chi connectivity index (χ4v) is 13.7. The van der Waals surface area contributed by atoms with E-state index in [4.69, 9.17) is 37.0 Å². The average Bonchev–Trinajstić information content (AvgIpc) is 2.05. The van der Waals surface area contributed by atoms with Gasteiger partial charge < -0.3 is 33.8 Å². The van der Waals surface area contributed by atoms with Crippen molar-refractivity contribution in [2.24, 2.45) is 0 Å². The minimum Gasteiger partial charge on any atom is -0.462 e. The molecule has 0 aliphatic carbocycles. The number of carbonyl (C=O) groups excluding carboxylic acids is 4. The molecular formula is C78H152O17P2. The van der Waals surface area contributed by atoms with Crippen molar-refractivity contribution in [1.29, 1.82) is 0 Å². The van der Waals surface area contributed by atoms with Gasteiger partial charge in [-0.1, -0.05) is 368 Å². The number of phosphoric acid groups is 2. The second kappa shape index (κ2) is 72.4. The quantitative estimate of drug-likeness (QED) is 0.0222. The first-order valence-electron chi connectivity index (χ1n) is 40.8. The molecule has 0 aliphatic rings. The predicted molar refractivity (Wildman–Crippen MR) is 395 cm³/mol. The van der Waals surface area contributed by atoms with Crippen LogP contribution < -0.4 is 0 Å². The Morgan fingerprint density at radius 2 is 0.412 bits per heavy atom. The first-order valence-corrected chi connectivity index (χ1v) is 43.8. The Hall–Kier alpha value is -1.94. The minimum atomic E-state index is -4.96. The van der Waals surface area contributed by atoms with Gasteiger partial charge in [0.15, 0.2) is 12.2 Å². The van der Waals surface area contributed by atoms with Crippen LogP contribution in [0.2, 0.25) is 0 Å². The zero-order chi connectivity index (χ0) is 71.1. The van der Waals surface area contributed by atoms with Crippen molar-refractivity contribution in [2.45, 2.75) is 438 Å². The van der Waals surface area contributed by atoms with Crippen molar-refractivity contribution in [3.63, 3.8) is 0 Å². The van der Waals surface area contributed by atoms with Crippen LogP contribution >= 0.6 is 15.6 Å². The molecule has 0 radical (unpaired) electrons. The molecular weight excluding hydrogens is 1270 g/mol. The molecule has 0 heterocycles. The molecule has 0 bridgehead atoms. The summed E-state index contributed by atoms with van der Waals surface area (Å²) >= 11 is 0. The maximum absolute atomic E-state index is 13.1. The summed E-state index contributed by atoms with van der Waals surface area (Å²) in [7, 11) is -9.90. The number of aliphatic hydroxyl groups excluding tert-OH is 1. The summed E-state index contributed by atoms with van der Waals surface area (Å²) < 4.78 is 68.4. The zero-order valence-electron chi connectivity index (χ0n) is 63.1. The van der Waals surface area contributed by atoms with Crippen LogP contribution in [0, 0.1) is 0 Å². The fraction of sp³-hybridized carbons (Fsp3) is 0.949. The first-order chi connectivity index (χ1) is 47.2. The number of hydrogen-bond donors (Lipinski definition) is 3. The van der Waals surface area contributed by atoms with Crippen LogP contribution in [0.3, 0.4) is 0 Å². The van der Waals surface area contributed by atoms with Gasteiger partial charge >= 0.3 is 39.5 Å². The molecule has 3 N–H and O–H groups in total. The van der Waals surface area contributed by atoms with E-state index < -0.39 is 97.5 Å². The lowest BCUT2D eigenvalue weighted by molar-refractivity contribution is -0.161. The van der Waals surface area contributed by atoms with Crippen LogP contribution in [0.4, 0.5) is 0 Å². The fourth-order valence-electron chi connectivity index (χ4n) is 12.1. The van der Waals surface area contributed by atoms with E-state index in [9.17, 15) is 43.2 Å².